The summed E-state index contributed by atoms with van der Waals surface area (Å²) in [5, 5.41) is 2.74. The van der Waals surface area contributed by atoms with Crippen LogP contribution in [0, 0.1) is 0 Å². The monoisotopic (exact) mass is 350 g/mol. The molecule has 7 nitrogen and oxygen atoms in total. The van der Waals surface area contributed by atoms with E-state index < -0.39 is 6.04 Å². The Labute approximate surface area is 150 Å². The van der Waals surface area contributed by atoms with Crippen molar-refractivity contribution in [2.24, 2.45) is 0 Å². The van der Waals surface area contributed by atoms with Gasteiger partial charge in [0.1, 0.15) is 12.6 Å². The van der Waals surface area contributed by atoms with Crippen molar-refractivity contribution < 1.29 is 14.4 Å². The third kappa shape index (κ3) is 2.81. The molecule has 1 atom stereocenters. The van der Waals surface area contributed by atoms with E-state index >= 15 is 0 Å². The summed E-state index contributed by atoms with van der Waals surface area (Å²) in [6.07, 6.45) is 4.57. The number of benzene rings is 1. The van der Waals surface area contributed by atoms with Crippen molar-refractivity contribution >= 4 is 29.1 Å². The molecule has 1 N–H and O–H groups in total. The topological polar surface area (TPSA) is 82.6 Å². The molecule has 1 fully saturated rings. The third-order valence-electron chi connectivity index (χ3n) is 4.74. The maximum Gasteiger partial charge on any atom is 0.256 e. The molecule has 1 saturated heterocycles. The Morgan fingerprint density at radius 1 is 1.19 bits per heavy atom. The van der Waals surface area contributed by atoms with Gasteiger partial charge < -0.3 is 15.1 Å². The predicted octanol–water partition coefficient (Wildman–Crippen LogP) is 1.67. The first-order valence-corrected chi connectivity index (χ1v) is 8.56. The summed E-state index contributed by atoms with van der Waals surface area (Å²) >= 11 is 0. The normalized spacial score (nSPS) is 19.0. The Balaban J connectivity index is 1.65. The second kappa shape index (κ2) is 6.59. The lowest BCUT2D eigenvalue weighted by Gasteiger charge is -2.25. The lowest BCUT2D eigenvalue weighted by atomic mass is 10.1. The molecule has 3 amide bonds. The second-order valence-corrected chi connectivity index (χ2v) is 6.39. The van der Waals surface area contributed by atoms with Gasteiger partial charge >= 0.3 is 0 Å². The number of aromatic nitrogens is 1. The van der Waals surface area contributed by atoms with Gasteiger partial charge in [-0.05, 0) is 37.1 Å². The van der Waals surface area contributed by atoms with E-state index in [2.05, 4.69) is 10.3 Å². The summed E-state index contributed by atoms with van der Waals surface area (Å²) in [5.41, 5.74) is 1.50. The molecule has 1 aromatic carbocycles. The van der Waals surface area contributed by atoms with Gasteiger partial charge in [-0.15, -0.1) is 0 Å². The van der Waals surface area contributed by atoms with E-state index in [0.717, 1.165) is 6.42 Å². The molecule has 3 heterocycles. The Hall–Kier alpha value is -3.22. The third-order valence-corrected chi connectivity index (χ3v) is 4.74. The molecule has 132 valence electrons. The van der Waals surface area contributed by atoms with Gasteiger partial charge in [0.25, 0.3) is 5.91 Å². The minimum atomic E-state index is -0.499. The first-order valence-electron chi connectivity index (χ1n) is 8.56. The number of para-hydroxylation sites is 1. The average molecular weight is 350 g/mol. The van der Waals surface area contributed by atoms with Gasteiger partial charge in [0, 0.05) is 12.7 Å². The molecule has 2 aliphatic rings. The van der Waals surface area contributed by atoms with E-state index in [1.165, 1.54) is 4.90 Å². The standard InChI is InChI=1S/C19H18N4O3/c24-17(21-13-5-3-9-20-11-13)12-23-15-7-2-1-6-14(15)18(25)22-10-4-8-16(22)19(23)26/h1-3,5-7,9,11,16H,4,8,10,12H2,(H,21,24)/t16-/m1/s1. The maximum absolute atomic E-state index is 13.1. The number of nitrogens with one attached hydrogen (secondary N) is 1. The molecule has 7 heteroatoms. The van der Waals surface area contributed by atoms with Crippen LogP contribution in [-0.4, -0.2) is 46.7 Å². The predicted molar refractivity (Wildman–Crippen MR) is 95.7 cm³/mol. The molecule has 0 unspecified atom stereocenters. The summed E-state index contributed by atoms with van der Waals surface area (Å²) in [5.74, 6) is -0.686. The molecule has 2 aliphatic heterocycles. The molecular weight excluding hydrogens is 332 g/mol. The number of pyridine rings is 1. The fraction of sp³-hybridized carbons (Fsp3) is 0.263. The smallest absolute Gasteiger partial charge is 0.256 e. The van der Waals surface area contributed by atoms with Crippen LogP contribution in [0.15, 0.2) is 48.8 Å². The highest BCUT2D eigenvalue weighted by Crippen LogP contribution is 2.32. The van der Waals surface area contributed by atoms with Gasteiger partial charge in [-0.25, -0.2) is 0 Å². The average Bonchev–Trinajstić information content (AvgIpc) is 3.13. The van der Waals surface area contributed by atoms with E-state index in [4.69, 9.17) is 0 Å². The molecule has 0 saturated carbocycles. The molecule has 1 aromatic heterocycles. The fourth-order valence-electron chi connectivity index (χ4n) is 3.55. The van der Waals surface area contributed by atoms with Crippen LogP contribution in [0.2, 0.25) is 0 Å². The van der Waals surface area contributed by atoms with E-state index in [-0.39, 0.29) is 24.3 Å². The largest absolute Gasteiger partial charge is 0.327 e. The highest BCUT2D eigenvalue weighted by atomic mass is 16.2. The Morgan fingerprint density at radius 3 is 2.85 bits per heavy atom. The van der Waals surface area contributed by atoms with Gasteiger partial charge in [0.05, 0.1) is 23.1 Å². The van der Waals surface area contributed by atoms with Gasteiger partial charge in [0.2, 0.25) is 11.8 Å². The van der Waals surface area contributed by atoms with Crippen LogP contribution in [-0.2, 0) is 9.59 Å². The number of carbonyl (C=O) groups excluding carboxylic acids is 3. The van der Waals surface area contributed by atoms with Gasteiger partial charge in [-0.1, -0.05) is 12.1 Å². The number of hydrogen-bond donors (Lipinski definition) is 1. The van der Waals surface area contributed by atoms with Crippen molar-refractivity contribution in [3.05, 3.63) is 54.4 Å². The number of nitrogens with zero attached hydrogens (tertiary/aromatic N) is 3. The first-order chi connectivity index (χ1) is 12.6. The van der Waals surface area contributed by atoms with E-state index in [1.54, 1.807) is 53.7 Å². The van der Waals surface area contributed by atoms with Crippen molar-refractivity contribution in [1.82, 2.24) is 9.88 Å². The van der Waals surface area contributed by atoms with Crippen LogP contribution in [0.3, 0.4) is 0 Å². The zero-order valence-corrected chi connectivity index (χ0v) is 14.1. The van der Waals surface area contributed by atoms with Crippen molar-refractivity contribution in [2.75, 3.05) is 23.3 Å². The maximum atomic E-state index is 13.1. The number of fused-ring (bicyclic) bond motifs is 2. The number of hydrogen-bond acceptors (Lipinski definition) is 4. The highest BCUT2D eigenvalue weighted by Gasteiger charge is 2.42. The molecule has 0 spiro atoms. The Bertz CT molecular complexity index is 868. The summed E-state index contributed by atoms with van der Waals surface area (Å²) in [7, 11) is 0. The van der Waals surface area contributed by atoms with E-state index in [0.29, 0.717) is 29.9 Å². The van der Waals surface area contributed by atoms with Gasteiger partial charge in [0.15, 0.2) is 0 Å². The quantitative estimate of drug-likeness (QED) is 0.913. The lowest BCUT2D eigenvalue weighted by molar-refractivity contribution is -0.124. The number of rotatable bonds is 3. The molecule has 2 aromatic rings. The summed E-state index contributed by atoms with van der Waals surface area (Å²) in [4.78, 5) is 45.4. The zero-order chi connectivity index (χ0) is 18.1. The Morgan fingerprint density at radius 2 is 2.04 bits per heavy atom. The highest BCUT2D eigenvalue weighted by molar-refractivity contribution is 6.13. The van der Waals surface area contributed by atoms with Crippen molar-refractivity contribution in [3.63, 3.8) is 0 Å². The summed E-state index contributed by atoms with van der Waals surface area (Å²) < 4.78 is 0. The molecule has 0 radical (unpaired) electrons. The summed E-state index contributed by atoms with van der Waals surface area (Å²) in [6.45, 7) is 0.418. The molecular formula is C19H18N4O3. The van der Waals surface area contributed by atoms with Crippen LogP contribution in [0.25, 0.3) is 0 Å². The number of anilines is 2. The van der Waals surface area contributed by atoms with Crippen LogP contribution in [0.5, 0.6) is 0 Å². The first kappa shape index (κ1) is 16.3. The van der Waals surface area contributed by atoms with Crippen LogP contribution in [0.4, 0.5) is 11.4 Å². The fourth-order valence-corrected chi connectivity index (χ4v) is 3.55. The van der Waals surface area contributed by atoms with E-state index in [9.17, 15) is 14.4 Å². The zero-order valence-electron chi connectivity index (χ0n) is 14.1. The minimum Gasteiger partial charge on any atom is -0.327 e. The minimum absolute atomic E-state index is 0.147. The summed E-state index contributed by atoms with van der Waals surface area (Å²) in [6, 6.07) is 9.90. The molecule has 0 bridgehead atoms. The molecule has 26 heavy (non-hydrogen) atoms. The van der Waals surface area contributed by atoms with Crippen molar-refractivity contribution in [1.29, 1.82) is 0 Å². The molecule has 0 aliphatic carbocycles. The van der Waals surface area contributed by atoms with Gasteiger partial charge in [-0.3, -0.25) is 19.4 Å². The van der Waals surface area contributed by atoms with E-state index in [1.807, 2.05) is 0 Å². The van der Waals surface area contributed by atoms with Crippen molar-refractivity contribution in [3.8, 4) is 0 Å². The van der Waals surface area contributed by atoms with Gasteiger partial charge in [-0.2, -0.15) is 0 Å². The van der Waals surface area contributed by atoms with Crippen molar-refractivity contribution in [2.45, 2.75) is 18.9 Å². The second-order valence-electron chi connectivity index (χ2n) is 6.39. The number of amides is 3. The lowest BCUT2D eigenvalue weighted by Crippen LogP contribution is -2.47. The molecule has 4 rings (SSSR count). The van der Waals surface area contributed by atoms with Crippen LogP contribution < -0.4 is 10.2 Å². The number of carbonyl (C=O) groups is 3. The SMILES string of the molecule is O=C(CN1C(=O)[C@H]2CCCN2C(=O)c2ccccc21)Nc1cccnc1. The van der Waals surface area contributed by atoms with Crippen LogP contribution >= 0.6 is 0 Å². The Kier molecular flexibility index (Phi) is 4.12. The van der Waals surface area contributed by atoms with Crippen LogP contribution in [0.1, 0.15) is 23.2 Å².